The van der Waals surface area contributed by atoms with Gasteiger partial charge in [0.2, 0.25) is 11.8 Å². The van der Waals surface area contributed by atoms with E-state index in [1.165, 1.54) is 12.8 Å². The van der Waals surface area contributed by atoms with Crippen molar-refractivity contribution in [1.82, 2.24) is 20.0 Å². The number of nitrogens with zero attached hydrogens (tertiary/aromatic N) is 3. The number of aryl methyl sites for hydroxylation is 1. The van der Waals surface area contributed by atoms with Crippen LogP contribution in [0.1, 0.15) is 68.6 Å². The van der Waals surface area contributed by atoms with Gasteiger partial charge in [-0.2, -0.15) is 0 Å². The molecule has 248 valence electrons. The van der Waals surface area contributed by atoms with Crippen LogP contribution in [0.4, 0.5) is 16.2 Å². The summed E-state index contributed by atoms with van der Waals surface area (Å²) in [6, 6.07) is 11.8. The third kappa shape index (κ3) is 7.31. The Hall–Kier alpha value is -3.30. The van der Waals surface area contributed by atoms with Gasteiger partial charge in [-0.15, -0.1) is 0 Å². The van der Waals surface area contributed by atoms with Crippen LogP contribution in [-0.2, 0) is 29.0 Å². The first-order valence-electron chi connectivity index (χ1n) is 17.3. The zero-order chi connectivity index (χ0) is 32.2. The molecule has 4 amide bonds. The van der Waals surface area contributed by atoms with E-state index in [-0.39, 0.29) is 30.3 Å². The minimum atomic E-state index is -0.463. The van der Waals surface area contributed by atoms with Crippen LogP contribution in [0, 0.1) is 17.8 Å². The van der Waals surface area contributed by atoms with Gasteiger partial charge in [0, 0.05) is 50.9 Å². The lowest BCUT2D eigenvalue weighted by molar-refractivity contribution is -0.143. The van der Waals surface area contributed by atoms with Crippen molar-refractivity contribution in [2.75, 3.05) is 50.3 Å². The Morgan fingerprint density at radius 2 is 1.63 bits per heavy atom. The molecule has 0 aliphatic carbocycles. The number of urea groups is 1. The lowest BCUT2D eigenvalue weighted by atomic mass is 9.79. The predicted octanol–water partition coefficient (Wildman–Crippen LogP) is 5.31. The molecule has 46 heavy (non-hydrogen) atoms. The maximum Gasteiger partial charge on any atom is 0.322 e. The van der Waals surface area contributed by atoms with Crippen LogP contribution in [0.2, 0.25) is 5.02 Å². The number of nitrogen functional groups attached to an aromatic ring is 1. The minimum absolute atomic E-state index is 0.00656. The highest BCUT2D eigenvalue weighted by Crippen LogP contribution is 2.33. The van der Waals surface area contributed by atoms with Crippen molar-refractivity contribution < 1.29 is 14.4 Å². The van der Waals surface area contributed by atoms with Crippen molar-refractivity contribution in [1.29, 1.82) is 0 Å². The second-order valence-electron chi connectivity index (χ2n) is 13.7. The van der Waals surface area contributed by atoms with E-state index in [1.54, 1.807) is 0 Å². The first-order chi connectivity index (χ1) is 22.3. The summed E-state index contributed by atoms with van der Waals surface area (Å²) >= 11 is 6.51. The third-order valence-electron chi connectivity index (χ3n) is 10.9. The number of anilines is 2. The highest BCUT2D eigenvalue weighted by molar-refractivity contribution is 6.33. The number of carbonyl (C=O) groups is 3. The summed E-state index contributed by atoms with van der Waals surface area (Å²) in [5.41, 5.74) is 10.7. The van der Waals surface area contributed by atoms with Gasteiger partial charge in [0.1, 0.15) is 0 Å². The molecule has 0 bridgehead atoms. The number of nitrogens with one attached hydrogen (secondary N) is 2. The largest absolute Gasteiger partial charge is 0.397 e. The quantitative estimate of drug-likeness (QED) is 0.336. The topological polar surface area (TPSA) is 111 Å². The highest BCUT2D eigenvalue weighted by Gasteiger charge is 2.36. The van der Waals surface area contributed by atoms with Crippen LogP contribution in [0.5, 0.6) is 0 Å². The van der Waals surface area contributed by atoms with E-state index in [1.807, 2.05) is 58.0 Å². The summed E-state index contributed by atoms with van der Waals surface area (Å²) in [5, 5.41) is 6.98. The lowest BCUT2D eigenvalue weighted by Gasteiger charge is -2.41. The van der Waals surface area contributed by atoms with Crippen molar-refractivity contribution >= 4 is 40.8 Å². The summed E-state index contributed by atoms with van der Waals surface area (Å²) in [4.78, 5) is 46.6. The van der Waals surface area contributed by atoms with Crippen LogP contribution in [0.15, 0.2) is 36.4 Å². The van der Waals surface area contributed by atoms with Crippen molar-refractivity contribution in [2.24, 2.45) is 17.8 Å². The SMILES string of the molecule is CCc1cc(C[C@@H](CC(=O)N2CCC(N3Cc4ccccc4NC3=O)CC2)C(=O)N2CCC(C3CCNCC3)CC2)cc(Cl)c1N. The molecule has 0 radical (unpaired) electrons. The summed E-state index contributed by atoms with van der Waals surface area (Å²) < 4.78 is 0. The van der Waals surface area contributed by atoms with Gasteiger partial charge in [0.05, 0.1) is 16.6 Å². The van der Waals surface area contributed by atoms with Gasteiger partial charge in [-0.05, 0) is 105 Å². The molecule has 4 aliphatic heterocycles. The van der Waals surface area contributed by atoms with Crippen LogP contribution in [0.25, 0.3) is 0 Å². The van der Waals surface area contributed by atoms with Gasteiger partial charge in [0.25, 0.3) is 0 Å². The molecule has 4 aliphatic rings. The molecule has 1 atom stereocenters. The Labute approximate surface area is 278 Å². The number of likely N-dealkylation sites (tertiary alicyclic amines) is 2. The average molecular weight is 649 g/mol. The fourth-order valence-electron chi connectivity index (χ4n) is 8.13. The number of benzene rings is 2. The molecule has 0 aromatic heterocycles. The molecule has 4 heterocycles. The average Bonchev–Trinajstić information content (AvgIpc) is 3.09. The monoisotopic (exact) mass is 648 g/mol. The molecule has 2 aromatic rings. The molecule has 0 spiro atoms. The first kappa shape index (κ1) is 32.6. The number of halogens is 1. The number of hydrogen-bond acceptors (Lipinski definition) is 5. The predicted molar refractivity (Wildman–Crippen MR) is 183 cm³/mol. The van der Waals surface area contributed by atoms with E-state index in [4.69, 9.17) is 17.3 Å². The summed E-state index contributed by atoms with van der Waals surface area (Å²) in [6.45, 7) is 7.47. The van der Waals surface area contributed by atoms with Gasteiger partial charge < -0.3 is 31.1 Å². The van der Waals surface area contributed by atoms with Crippen LogP contribution >= 0.6 is 11.6 Å². The molecule has 0 unspecified atom stereocenters. The molecule has 3 saturated heterocycles. The lowest BCUT2D eigenvalue weighted by Crippen LogP contribution is -2.51. The Bertz CT molecular complexity index is 1410. The second kappa shape index (κ2) is 14.6. The molecule has 10 heteroatoms. The zero-order valence-corrected chi connectivity index (χ0v) is 27.9. The van der Waals surface area contributed by atoms with Crippen LogP contribution in [-0.4, -0.2) is 77.9 Å². The maximum atomic E-state index is 14.1. The fraction of sp³-hybridized carbons (Fsp3) is 0.583. The minimum Gasteiger partial charge on any atom is -0.397 e. The highest BCUT2D eigenvalue weighted by atomic mass is 35.5. The fourth-order valence-corrected chi connectivity index (χ4v) is 8.39. The Morgan fingerprint density at radius 1 is 0.957 bits per heavy atom. The molecular formula is C36H49ClN6O3. The summed E-state index contributed by atoms with van der Waals surface area (Å²) in [7, 11) is 0. The third-order valence-corrected chi connectivity index (χ3v) is 11.2. The van der Waals surface area contributed by atoms with Crippen LogP contribution in [0.3, 0.4) is 0 Å². The standard InChI is InChI=1S/C36H49ClN6O3/c1-2-25-19-24(21-31(37)34(25)38)20-29(35(45)42-15-9-27(10-16-42)26-7-13-39-14-8-26)22-33(44)41-17-11-30(12-18-41)43-23-28-5-3-4-6-32(28)40-36(43)46/h3-6,19,21,26-27,29-30,39H,2,7-18,20,22-23,38H2,1H3,(H,40,46)/t29-/m0/s1. The van der Waals surface area contributed by atoms with Gasteiger partial charge in [-0.3, -0.25) is 9.59 Å². The van der Waals surface area contributed by atoms with Crippen molar-refractivity contribution in [3.63, 3.8) is 0 Å². The Morgan fingerprint density at radius 3 is 2.35 bits per heavy atom. The van der Waals surface area contributed by atoms with Crippen molar-refractivity contribution in [3.05, 3.63) is 58.1 Å². The van der Waals surface area contributed by atoms with Crippen molar-refractivity contribution in [2.45, 2.75) is 77.3 Å². The first-order valence-corrected chi connectivity index (χ1v) is 17.7. The van der Waals surface area contributed by atoms with E-state index in [0.29, 0.717) is 42.7 Å². The zero-order valence-electron chi connectivity index (χ0n) is 27.1. The Kier molecular flexibility index (Phi) is 10.4. The normalized spacial score (nSPS) is 20.7. The number of piperidine rings is 3. The van der Waals surface area contributed by atoms with E-state index in [9.17, 15) is 14.4 Å². The smallest absolute Gasteiger partial charge is 0.322 e. The van der Waals surface area contributed by atoms with E-state index in [0.717, 1.165) is 86.6 Å². The van der Waals surface area contributed by atoms with Gasteiger partial charge in [0.15, 0.2) is 0 Å². The number of amides is 4. The molecule has 9 nitrogen and oxygen atoms in total. The molecule has 3 fully saturated rings. The van der Waals surface area contributed by atoms with E-state index in [2.05, 4.69) is 10.6 Å². The number of rotatable bonds is 8. The van der Waals surface area contributed by atoms with Gasteiger partial charge in [-0.1, -0.05) is 42.8 Å². The summed E-state index contributed by atoms with van der Waals surface area (Å²) in [6.07, 6.45) is 7.32. The number of para-hydroxylation sites is 1. The molecule has 0 saturated carbocycles. The van der Waals surface area contributed by atoms with Gasteiger partial charge >= 0.3 is 6.03 Å². The number of nitrogens with two attached hydrogens (primary N) is 1. The number of fused-ring (bicyclic) bond motifs is 1. The van der Waals surface area contributed by atoms with E-state index < -0.39 is 5.92 Å². The van der Waals surface area contributed by atoms with Crippen molar-refractivity contribution in [3.8, 4) is 0 Å². The molecule has 2 aromatic carbocycles. The van der Waals surface area contributed by atoms with Gasteiger partial charge in [-0.25, -0.2) is 4.79 Å². The van der Waals surface area contributed by atoms with Crippen LogP contribution < -0.4 is 16.4 Å². The molecule has 6 rings (SSSR count). The summed E-state index contributed by atoms with van der Waals surface area (Å²) in [5.74, 6) is 1.03. The molecular weight excluding hydrogens is 600 g/mol. The maximum absolute atomic E-state index is 14.1. The van der Waals surface area contributed by atoms with E-state index >= 15 is 0 Å². The second-order valence-corrected chi connectivity index (χ2v) is 14.1. The number of hydrogen-bond donors (Lipinski definition) is 3. The molecule has 4 N–H and O–H groups in total. The number of carbonyl (C=O) groups excluding carboxylic acids is 3. The Balaban J connectivity index is 1.10.